The number of H-pyrrole nitrogens is 1. The van der Waals surface area contributed by atoms with Crippen molar-refractivity contribution in [2.24, 2.45) is 0 Å². The van der Waals surface area contributed by atoms with Gasteiger partial charge in [-0.3, -0.25) is 0 Å². The number of nitriles is 1. The summed E-state index contributed by atoms with van der Waals surface area (Å²) in [7, 11) is 0. The third kappa shape index (κ3) is 3.54. The molecule has 0 aliphatic carbocycles. The van der Waals surface area contributed by atoms with Crippen molar-refractivity contribution in [2.75, 3.05) is 0 Å². The van der Waals surface area contributed by atoms with E-state index < -0.39 is 5.97 Å². The van der Waals surface area contributed by atoms with Gasteiger partial charge in [0.25, 0.3) is 0 Å². The number of nitrogens with zero attached hydrogens (tertiary/aromatic N) is 2. The number of halogens is 1. The van der Waals surface area contributed by atoms with Gasteiger partial charge < -0.3 is 10.1 Å². The van der Waals surface area contributed by atoms with Gasteiger partial charge in [-0.05, 0) is 54.1 Å². The molecule has 0 atom stereocenters. The van der Waals surface area contributed by atoms with Crippen molar-refractivity contribution in [3.05, 3.63) is 75.9 Å². The van der Waals surface area contributed by atoms with Gasteiger partial charge in [-0.2, -0.15) is 5.26 Å². The van der Waals surface area contributed by atoms with Gasteiger partial charge in [0, 0.05) is 14.8 Å². The predicted molar refractivity (Wildman–Crippen MR) is 111 cm³/mol. The molecule has 2 heterocycles. The molecule has 0 fully saturated rings. The standard InChI is InChI=1S/C21H12ClN3O2S/c22-15-5-7-17-18(10-15)25-20(24-17)14(11-23)9-16-6-8-19(28-16)12-1-3-13(4-2-12)21(26)27/h1-10H,(H,24,25)(H,26,27)/b14-9+. The van der Waals surface area contributed by atoms with Gasteiger partial charge in [-0.15, -0.1) is 11.3 Å². The van der Waals surface area contributed by atoms with Crippen LogP contribution >= 0.6 is 22.9 Å². The third-order valence-corrected chi connectivity index (χ3v) is 5.47. The van der Waals surface area contributed by atoms with Crippen LogP contribution in [-0.2, 0) is 0 Å². The number of allylic oxidation sites excluding steroid dienone is 1. The topological polar surface area (TPSA) is 89.8 Å². The third-order valence-electron chi connectivity index (χ3n) is 4.15. The van der Waals surface area contributed by atoms with Crippen molar-refractivity contribution in [3.63, 3.8) is 0 Å². The van der Waals surface area contributed by atoms with Gasteiger partial charge in [-0.25, -0.2) is 9.78 Å². The maximum Gasteiger partial charge on any atom is 0.335 e. The van der Waals surface area contributed by atoms with Crippen LogP contribution in [0.4, 0.5) is 0 Å². The maximum absolute atomic E-state index is 11.0. The van der Waals surface area contributed by atoms with Gasteiger partial charge in [0.05, 0.1) is 22.2 Å². The SMILES string of the molecule is N#C/C(=C\c1ccc(-c2ccc(C(=O)O)cc2)s1)c1nc2ccc(Cl)cc2[nH]1. The van der Waals surface area contributed by atoms with E-state index in [1.54, 1.807) is 48.5 Å². The summed E-state index contributed by atoms with van der Waals surface area (Å²) in [6, 6.07) is 18.1. The van der Waals surface area contributed by atoms with E-state index in [-0.39, 0.29) is 5.56 Å². The van der Waals surface area contributed by atoms with Crippen LogP contribution in [0.2, 0.25) is 5.02 Å². The van der Waals surface area contributed by atoms with Gasteiger partial charge in [0.2, 0.25) is 0 Å². The first kappa shape index (κ1) is 18.0. The highest BCUT2D eigenvalue weighted by Crippen LogP contribution is 2.31. The first-order valence-electron chi connectivity index (χ1n) is 8.24. The molecular formula is C21H12ClN3O2S. The number of fused-ring (bicyclic) bond motifs is 1. The average molecular weight is 406 g/mol. The summed E-state index contributed by atoms with van der Waals surface area (Å²) in [6.07, 6.45) is 1.78. The molecule has 0 unspecified atom stereocenters. The summed E-state index contributed by atoms with van der Waals surface area (Å²) in [5.41, 5.74) is 3.10. The Morgan fingerprint density at radius 2 is 1.96 bits per heavy atom. The quantitative estimate of drug-likeness (QED) is 0.425. The van der Waals surface area contributed by atoms with Crippen molar-refractivity contribution >= 4 is 51.6 Å². The van der Waals surface area contributed by atoms with E-state index in [9.17, 15) is 10.1 Å². The number of aromatic nitrogens is 2. The smallest absolute Gasteiger partial charge is 0.335 e. The van der Waals surface area contributed by atoms with Crippen LogP contribution in [0.25, 0.3) is 33.1 Å². The minimum atomic E-state index is -0.952. The minimum Gasteiger partial charge on any atom is -0.478 e. The highest BCUT2D eigenvalue weighted by atomic mass is 35.5. The summed E-state index contributed by atoms with van der Waals surface area (Å²) < 4.78 is 0. The maximum atomic E-state index is 11.0. The number of carboxylic acids is 1. The molecule has 0 bridgehead atoms. The lowest BCUT2D eigenvalue weighted by atomic mass is 10.1. The lowest BCUT2D eigenvalue weighted by molar-refractivity contribution is 0.0697. The molecule has 0 saturated carbocycles. The van der Waals surface area contributed by atoms with E-state index in [4.69, 9.17) is 16.7 Å². The first-order valence-corrected chi connectivity index (χ1v) is 9.44. The molecule has 2 aromatic carbocycles. The van der Waals surface area contributed by atoms with Crippen LogP contribution in [-0.4, -0.2) is 21.0 Å². The molecule has 4 rings (SSSR count). The summed E-state index contributed by atoms with van der Waals surface area (Å²) in [4.78, 5) is 20.4. The Kier molecular flexibility index (Phi) is 4.70. The second kappa shape index (κ2) is 7.31. The highest BCUT2D eigenvalue weighted by Gasteiger charge is 2.10. The molecule has 7 heteroatoms. The highest BCUT2D eigenvalue weighted by molar-refractivity contribution is 7.16. The number of benzene rings is 2. The van der Waals surface area contributed by atoms with E-state index in [1.807, 2.05) is 12.1 Å². The van der Waals surface area contributed by atoms with Crippen LogP contribution in [0, 0.1) is 11.3 Å². The Hall–Kier alpha value is -3.40. The van der Waals surface area contributed by atoms with E-state index >= 15 is 0 Å². The zero-order chi connectivity index (χ0) is 19.7. The van der Waals surface area contributed by atoms with Gasteiger partial charge >= 0.3 is 5.97 Å². The second-order valence-electron chi connectivity index (χ2n) is 6.00. The molecule has 0 spiro atoms. The van der Waals surface area contributed by atoms with Gasteiger partial charge in [-0.1, -0.05) is 23.7 Å². The van der Waals surface area contributed by atoms with Crippen LogP contribution in [0.5, 0.6) is 0 Å². The van der Waals surface area contributed by atoms with Crippen molar-refractivity contribution in [3.8, 4) is 16.5 Å². The predicted octanol–water partition coefficient (Wildman–Crippen LogP) is 5.71. The number of hydrogen-bond acceptors (Lipinski definition) is 4. The molecular weight excluding hydrogens is 394 g/mol. The molecule has 0 radical (unpaired) electrons. The van der Waals surface area contributed by atoms with Gasteiger partial charge in [0.15, 0.2) is 0 Å². The Morgan fingerprint density at radius 1 is 1.18 bits per heavy atom. The van der Waals surface area contributed by atoms with E-state index in [0.717, 1.165) is 26.4 Å². The molecule has 5 nitrogen and oxygen atoms in total. The number of carbonyl (C=O) groups is 1. The largest absolute Gasteiger partial charge is 0.478 e. The fraction of sp³-hybridized carbons (Fsp3) is 0. The van der Waals surface area contributed by atoms with E-state index in [1.165, 1.54) is 11.3 Å². The molecule has 2 aromatic heterocycles. The fourth-order valence-electron chi connectivity index (χ4n) is 2.77. The normalized spacial score (nSPS) is 11.5. The average Bonchev–Trinajstić information content (AvgIpc) is 3.32. The minimum absolute atomic E-state index is 0.247. The van der Waals surface area contributed by atoms with Crippen molar-refractivity contribution in [1.82, 2.24) is 9.97 Å². The van der Waals surface area contributed by atoms with Gasteiger partial charge in [0.1, 0.15) is 11.9 Å². The molecule has 2 N–H and O–H groups in total. The molecule has 0 amide bonds. The van der Waals surface area contributed by atoms with Crippen molar-refractivity contribution in [2.45, 2.75) is 0 Å². The van der Waals surface area contributed by atoms with E-state index in [2.05, 4.69) is 16.0 Å². The summed E-state index contributed by atoms with van der Waals surface area (Å²) in [6.45, 7) is 0. The van der Waals surface area contributed by atoms with Crippen LogP contribution in [0.1, 0.15) is 21.1 Å². The summed E-state index contributed by atoms with van der Waals surface area (Å²) >= 11 is 7.51. The Morgan fingerprint density at radius 3 is 2.68 bits per heavy atom. The lowest BCUT2D eigenvalue weighted by Crippen LogP contribution is -1.94. The van der Waals surface area contributed by atoms with Crippen molar-refractivity contribution in [1.29, 1.82) is 5.26 Å². The summed E-state index contributed by atoms with van der Waals surface area (Å²) in [5.74, 6) is -0.465. The summed E-state index contributed by atoms with van der Waals surface area (Å²) in [5, 5.41) is 19.2. The number of aromatic carboxylic acids is 1. The van der Waals surface area contributed by atoms with Crippen LogP contribution in [0.15, 0.2) is 54.6 Å². The number of carboxylic acid groups (broad SMARTS) is 1. The number of rotatable bonds is 4. The number of aromatic amines is 1. The number of thiophene rings is 1. The second-order valence-corrected chi connectivity index (χ2v) is 7.55. The molecule has 4 aromatic rings. The Balaban J connectivity index is 1.65. The van der Waals surface area contributed by atoms with Crippen LogP contribution < -0.4 is 0 Å². The Labute approximate surface area is 169 Å². The van der Waals surface area contributed by atoms with Crippen LogP contribution in [0.3, 0.4) is 0 Å². The molecule has 0 aliphatic rings. The number of hydrogen-bond donors (Lipinski definition) is 2. The Bertz CT molecular complexity index is 1260. The lowest BCUT2D eigenvalue weighted by Gasteiger charge is -1.98. The zero-order valence-corrected chi connectivity index (χ0v) is 15.9. The molecule has 136 valence electrons. The molecule has 28 heavy (non-hydrogen) atoms. The monoisotopic (exact) mass is 405 g/mol. The zero-order valence-electron chi connectivity index (χ0n) is 14.3. The number of imidazole rings is 1. The fourth-order valence-corrected chi connectivity index (χ4v) is 3.90. The van der Waals surface area contributed by atoms with Crippen molar-refractivity contribution < 1.29 is 9.90 Å². The van der Waals surface area contributed by atoms with E-state index in [0.29, 0.717) is 16.4 Å². The molecule has 0 aliphatic heterocycles. The molecule has 0 saturated heterocycles. The first-order chi connectivity index (χ1) is 13.5. The number of nitrogens with one attached hydrogen (secondary N) is 1.